The number of alkyl halides is 1. The van der Waals surface area contributed by atoms with Gasteiger partial charge in [-0.05, 0) is 6.07 Å². The minimum absolute atomic E-state index is 0.137. The summed E-state index contributed by atoms with van der Waals surface area (Å²) in [5.74, 6) is -0.685. The third-order valence-electron chi connectivity index (χ3n) is 3.82. The van der Waals surface area contributed by atoms with Crippen LogP contribution in [-0.2, 0) is 5.33 Å². The highest BCUT2D eigenvalue weighted by atomic mass is 79.9. The second-order valence-electron chi connectivity index (χ2n) is 5.17. The van der Waals surface area contributed by atoms with Crippen molar-refractivity contribution in [1.82, 2.24) is 4.98 Å². The van der Waals surface area contributed by atoms with E-state index in [4.69, 9.17) is 0 Å². The van der Waals surface area contributed by atoms with Gasteiger partial charge in [0, 0.05) is 18.9 Å². The van der Waals surface area contributed by atoms with E-state index in [1.165, 1.54) is 0 Å². The van der Waals surface area contributed by atoms with E-state index in [0.29, 0.717) is 34.3 Å². The van der Waals surface area contributed by atoms with Gasteiger partial charge in [0.15, 0.2) is 0 Å². The van der Waals surface area contributed by atoms with Gasteiger partial charge >= 0.3 is 11.6 Å². The van der Waals surface area contributed by atoms with Gasteiger partial charge in [-0.1, -0.05) is 28.1 Å². The smallest absolute Gasteiger partial charge is 0.413 e. The van der Waals surface area contributed by atoms with E-state index < -0.39 is 10.6 Å². The Morgan fingerprint density at radius 1 is 1.33 bits per heavy atom. The normalized spacial score (nSPS) is 17.2. The van der Waals surface area contributed by atoms with E-state index in [1.807, 2.05) is 0 Å². The summed E-state index contributed by atoms with van der Waals surface area (Å²) >= 11 is 3.25. The molecule has 2 aromatic rings. The van der Waals surface area contributed by atoms with Crippen LogP contribution < -0.4 is 4.73 Å². The fourth-order valence-corrected chi connectivity index (χ4v) is 3.10. The van der Waals surface area contributed by atoms with Gasteiger partial charge in [-0.25, -0.2) is 9.78 Å². The van der Waals surface area contributed by atoms with Crippen LogP contribution in [0.5, 0.6) is 0 Å². The summed E-state index contributed by atoms with van der Waals surface area (Å²) in [4.78, 5) is 16.9. The number of para-hydroxylation sites is 2. The number of benzene rings is 1. The zero-order valence-corrected chi connectivity index (χ0v) is 12.9. The number of carbonyl (C=O) groups is 1. The molecule has 1 aromatic heterocycles. The third kappa shape index (κ3) is 2.31. The molecule has 0 unspecified atom stereocenters. The van der Waals surface area contributed by atoms with Crippen LogP contribution in [0.15, 0.2) is 24.3 Å². The monoisotopic (exact) mass is 351 g/mol. The lowest BCUT2D eigenvalue weighted by atomic mass is 10.2. The van der Waals surface area contributed by atoms with Gasteiger partial charge in [0.05, 0.1) is 18.4 Å². The molecular weight excluding hydrogens is 338 g/mol. The van der Waals surface area contributed by atoms with E-state index in [2.05, 4.69) is 20.9 Å². The minimum atomic E-state index is -0.956. The van der Waals surface area contributed by atoms with Gasteiger partial charge < -0.3 is 10.4 Å². The number of amides is 1. The molecule has 0 N–H and O–H groups in total. The molecule has 1 aromatic carbocycles. The number of likely N-dealkylation sites (tertiary alicyclic amines) is 1. The Kier molecular flexibility index (Phi) is 3.64. The van der Waals surface area contributed by atoms with Crippen molar-refractivity contribution in [3.8, 4) is 0 Å². The first-order chi connectivity index (χ1) is 10.1. The van der Waals surface area contributed by atoms with Crippen LogP contribution in [0.2, 0.25) is 0 Å². The maximum atomic E-state index is 12.6. The van der Waals surface area contributed by atoms with Gasteiger partial charge in [-0.15, -0.1) is 0 Å². The van der Waals surface area contributed by atoms with Crippen LogP contribution >= 0.6 is 15.9 Å². The molecule has 0 aliphatic carbocycles. The van der Waals surface area contributed by atoms with E-state index in [-0.39, 0.29) is 24.1 Å². The highest BCUT2D eigenvalue weighted by molar-refractivity contribution is 9.08. The van der Waals surface area contributed by atoms with Crippen LogP contribution in [0.1, 0.15) is 29.0 Å². The second kappa shape index (κ2) is 5.32. The number of hydrogen-bond acceptors (Lipinski definition) is 4. The molecule has 1 fully saturated rings. The van der Waals surface area contributed by atoms with Crippen molar-refractivity contribution in [2.24, 2.45) is 0 Å². The molecule has 1 aliphatic heterocycles. The molecule has 110 valence electrons. The molecule has 0 radical (unpaired) electrons. The number of halogens is 1. The molecule has 0 spiro atoms. The summed E-state index contributed by atoms with van der Waals surface area (Å²) in [5.41, 5.74) is 0.991. The van der Waals surface area contributed by atoms with E-state index >= 15 is 0 Å². The lowest BCUT2D eigenvalue weighted by Crippen LogP contribution is -2.51. The molecule has 6 nitrogen and oxygen atoms in total. The first-order valence-corrected chi connectivity index (χ1v) is 7.89. The molecule has 1 amide bonds. The molecule has 21 heavy (non-hydrogen) atoms. The summed E-state index contributed by atoms with van der Waals surface area (Å²) in [6.45, 7) is 0.459. The molecule has 7 heteroatoms. The standard InChI is InChI=1S/C14H14BrN3O3/c15-9-11-13(14(19)18(21)7-3-4-8-18)17(20)12-6-2-1-5-10(12)16-11/h1-2,5-6H,3-4,7-9H2. The topological polar surface area (TPSA) is 80.0 Å². The Bertz CT molecular complexity index is 714. The highest BCUT2D eigenvalue weighted by Crippen LogP contribution is 2.23. The maximum absolute atomic E-state index is 12.6. The number of carbonyl (C=O) groups excluding carboxylic acids is 1. The van der Waals surface area contributed by atoms with Crippen molar-refractivity contribution in [2.75, 3.05) is 13.1 Å². The van der Waals surface area contributed by atoms with E-state index in [1.54, 1.807) is 24.3 Å². The lowest BCUT2D eigenvalue weighted by Gasteiger charge is -2.33. The van der Waals surface area contributed by atoms with Gasteiger partial charge in [0.2, 0.25) is 5.52 Å². The maximum Gasteiger partial charge on any atom is 0.413 e. The summed E-state index contributed by atoms with van der Waals surface area (Å²) in [6.07, 6.45) is 1.41. The third-order valence-corrected chi connectivity index (χ3v) is 4.35. The summed E-state index contributed by atoms with van der Waals surface area (Å²) in [7, 11) is 0. The van der Waals surface area contributed by atoms with Crippen molar-refractivity contribution in [1.29, 1.82) is 0 Å². The lowest BCUT2D eigenvalue weighted by molar-refractivity contribution is -0.788. The van der Waals surface area contributed by atoms with Crippen molar-refractivity contribution < 1.29 is 14.2 Å². The van der Waals surface area contributed by atoms with Gasteiger partial charge in [0.25, 0.3) is 0 Å². The number of rotatable bonds is 2. The van der Waals surface area contributed by atoms with E-state index in [0.717, 1.165) is 0 Å². The number of hydroxylamine groups is 3. The number of fused-ring (bicyclic) bond motifs is 1. The van der Waals surface area contributed by atoms with Crippen LogP contribution in [0, 0.1) is 10.4 Å². The Morgan fingerprint density at radius 3 is 2.67 bits per heavy atom. The van der Waals surface area contributed by atoms with E-state index in [9.17, 15) is 15.2 Å². The van der Waals surface area contributed by atoms with Crippen LogP contribution in [0.25, 0.3) is 11.0 Å². The summed E-state index contributed by atoms with van der Waals surface area (Å²) in [5, 5.41) is 25.3. The van der Waals surface area contributed by atoms with Crippen LogP contribution in [0.3, 0.4) is 0 Å². The minimum Gasteiger partial charge on any atom is -0.625 e. The molecule has 1 aliphatic rings. The van der Waals surface area contributed by atoms with Gasteiger partial charge in [0.1, 0.15) is 11.2 Å². The molecule has 2 heterocycles. The Hall–Kier alpha value is -1.57. The molecular formula is C14H14BrN3O3. The molecule has 0 atom stereocenters. The summed E-state index contributed by atoms with van der Waals surface area (Å²) < 4.78 is -0.403. The van der Waals surface area contributed by atoms with Crippen molar-refractivity contribution in [3.63, 3.8) is 0 Å². The zero-order valence-electron chi connectivity index (χ0n) is 11.3. The average Bonchev–Trinajstić information content (AvgIpc) is 2.94. The highest BCUT2D eigenvalue weighted by Gasteiger charge is 2.40. The van der Waals surface area contributed by atoms with Crippen LogP contribution in [0.4, 0.5) is 0 Å². The first-order valence-electron chi connectivity index (χ1n) is 6.77. The quantitative estimate of drug-likeness (QED) is 0.358. The van der Waals surface area contributed by atoms with Crippen molar-refractivity contribution in [3.05, 3.63) is 46.1 Å². The SMILES string of the molecule is O=C(c1c(CBr)nc2ccccc2[n+]1[O-])[N+]1([O-])CCCC1. The Balaban J connectivity index is 2.21. The predicted molar refractivity (Wildman–Crippen MR) is 80.3 cm³/mol. The second-order valence-corrected chi connectivity index (χ2v) is 5.73. The van der Waals surface area contributed by atoms with Crippen LogP contribution in [-0.4, -0.2) is 28.6 Å². The summed E-state index contributed by atoms with van der Waals surface area (Å²) in [6, 6.07) is 6.79. The van der Waals surface area contributed by atoms with Gasteiger partial charge in [-0.3, -0.25) is 4.65 Å². The number of hydrogen-bond donors (Lipinski definition) is 0. The van der Waals surface area contributed by atoms with Crippen molar-refractivity contribution >= 4 is 32.9 Å². The Morgan fingerprint density at radius 2 is 2.00 bits per heavy atom. The number of quaternary nitrogens is 1. The number of nitrogens with zero attached hydrogens (tertiary/aromatic N) is 3. The first kappa shape index (κ1) is 14.4. The average molecular weight is 352 g/mol. The fraction of sp³-hybridized carbons (Fsp3) is 0.357. The largest absolute Gasteiger partial charge is 0.625 e. The number of aromatic nitrogens is 2. The Labute approximate surface area is 129 Å². The van der Waals surface area contributed by atoms with Gasteiger partial charge in [-0.2, -0.15) is 4.73 Å². The molecule has 0 saturated carbocycles. The predicted octanol–water partition coefficient (Wildman–Crippen LogP) is 2.01. The van der Waals surface area contributed by atoms with Crippen molar-refractivity contribution in [2.45, 2.75) is 18.2 Å². The molecule has 1 saturated heterocycles. The molecule has 3 rings (SSSR count). The fourth-order valence-electron chi connectivity index (χ4n) is 2.71. The zero-order chi connectivity index (χ0) is 15.0. The molecule has 0 bridgehead atoms.